The van der Waals surface area contributed by atoms with E-state index in [1.807, 2.05) is 37.4 Å². The fourth-order valence-corrected chi connectivity index (χ4v) is 2.51. The first-order chi connectivity index (χ1) is 7.70. The van der Waals surface area contributed by atoms with Crippen LogP contribution >= 0.6 is 22.9 Å². The van der Waals surface area contributed by atoms with Crippen LogP contribution in [0.25, 0.3) is 0 Å². The Labute approximate surface area is 103 Å². The lowest BCUT2D eigenvalue weighted by Crippen LogP contribution is -2.28. The van der Waals surface area contributed by atoms with Gasteiger partial charge in [0.05, 0.1) is 11.0 Å². The number of rotatable bonds is 3. The van der Waals surface area contributed by atoms with Crippen molar-refractivity contribution in [3.8, 4) is 0 Å². The van der Waals surface area contributed by atoms with Crippen molar-refractivity contribution in [3.63, 3.8) is 0 Å². The first kappa shape index (κ1) is 11.5. The molecule has 1 heterocycles. The summed E-state index contributed by atoms with van der Waals surface area (Å²) in [6.07, 6.45) is 1.85. The van der Waals surface area contributed by atoms with Crippen LogP contribution < -0.4 is 11.3 Å². The lowest BCUT2D eigenvalue weighted by Gasteiger charge is -2.13. The molecule has 0 radical (unpaired) electrons. The van der Waals surface area contributed by atoms with Crippen LogP contribution in [0.2, 0.25) is 5.02 Å². The average Bonchev–Trinajstić information content (AvgIpc) is 2.69. The van der Waals surface area contributed by atoms with E-state index in [0.717, 1.165) is 20.5 Å². The second-order valence-corrected chi connectivity index (χ2v) is 5.14. The maximum Gasteiger partial charge on any atom is 0.0897 e. The van der Waals surface area contributed by atoms with Gasteiger partial charge in [0.25, 0.3) is 0 Å². The molecule has 0 saturated carbocycles. The molecule has 0 spiro atoms. The number of thiazole rings is 1. The maximum atomic E-state index is 5.85. The molecule has 2 rings (SSSR count). The molecule has 1 unspecified atom stereocenters. The van der Waals surface area contributed by atoms with E-state index in [0.29, 0.717) is 0 Å². The highest BCUT2D eigenvalue weighted by Crippen LogP contribution is 2.26. The second kappa shape index (κ2) is 4.93. The van der Waals surface area contributed by atoms with Crippen molar-refractivity contribution in [2.24, 2.45) is 5.84 Å². The summed E-state index contributed by atoms with van der Waals surface area (Å²) in [7, 11) is 0. The Hall–Kier alpha value is -0.940. The molecule has 1 atom stereocenters. The van der Waals surface area contributed by atoms with Gasteiger partial charge in [0.2, 0.25) is 0 Å². The summed E-state index contributed by atoms with van der Waals surface area (Å²) in [5.41, 5.74) is 3.87. The van der Waals surface area contributed by atoms with Crippen molar-refractivity contribution in [1.82, 2.24) is 10.4 Å². The number of hydrogen-bond donors (Lipinski definition) is 2. The van der Waals surface area contributed by atoms with Crippen LogP contribution in [0, 0.1) is 6.92 Å². The molecule has 16 heavy (non-hydrogen) atoms. The highest BCUT2D eigenvalue weighted by atomic mass is 35.5. The SMILES string of the molecule is Cc1ncc(C(NN)c2ccc(Cl)cc2)s1. The third-order valence-electron chi connectivity index (χ3n) is 2.29. The van der Waals surface area contributed by atoms with Crippen molar-refractivity contribution >= 4 is 22.9 Å². The summed E-state index contributed by atoms with van der Waals surface area (Å²) in [4.78, 5) is 5.32. The third kappa shape index (κ3) is 2.41. The molecule has 0 aliphatic rings. The van der Waals surface area contributed by atoms with E-state index in [-0.39, 0.29) is 6.04 Å². The Morgan fingerprint density at radius 1 is 1.38 bits per heavy atom. The molecule has 0 aliphatic carbocycles. The normalized spacial score (nSPS) is 12.7. The quantitative estimate of drug-likeness (QED) is 0.653. The number of benzene rings is 1. The van der Waals surface area contributed by atoms with Crippen molar-refractivity contribution < 1.29 is 0 Å². The molecule has 0 saturated heterocycles. The minimum Gasteiger partial charge on any atom is -0.271 e. The Kier molecular flexibility index (Phi) is 3.56. The molecular weight excluding hydrogens is 242 g/mol. The van der Waals surface area contributed by atoms with Gasteiger partial charge in [-0.25, -0.2) is 10.4 Å². The molecule has 3 N–H and O–H groups in total. The van der Waals surface area contributed by atoms with Gasteiger partial charge in [-0.05, 0) is 24.6 Å². The Bertz CT molecular complexity index is 466. The zero-order valence-electron chi connectivity index (χ0n) is 8.77. The van der Waals surface area contributed by atoms with Crippen LogP contribution in [0.1, 0.15) is 21.5 Å². The molecule has 2 aromatic rings. The number of aryl methyl sites for hydroxylation is 1. The van der Waals surface area contributed by atoms with Gasteiger partial charge in [-0.15, -0.1) is 11.3 Å². The molecule has 84 valence electrons. The first-order valence-electron chi connectivity index (χ1n) is 4.84. The molecule has 3 nitrogen and oxygen atoms in total. The van der Waals surface area contributed by atoms with E-state index in [1.165, 1.54) is 0 Å². The fourth-order valence-electron chi connectivity index (χ4n) is 1.51. The summed E-state index contributed by atoms with van der Waals surface area (Å²) in [5.74, 6) is 5.58. The minimum absolute atomic E-state index is 0.0246. The van der Waals surface area contributed by atoms with E-state index in [4.69, 9.17) is 17.4 Å². The highest BCUT2D eigenvalue weighted by molar-refractivity contribution is 7.11. The number of halogens is 1. The lowest BCUT2D eigenvalue weighted by atomic mass is 10.1. The number of aromatic nitrogens is 1. The smallest absolute Gasteiger partial charge is 0.0897 e. The second-order valence-electron chi connectivity index (χ2n) is 3.43. The zero-order valence-corrected chi connectivity index (χ0v) is 10.3. The molecule has 0 fully saturated rings. The van der Waals surface area contributed by atoms with Gasteiger partial charge in [0.15, 0.2) is 0 Å². The molecule has 0 aliphatic heterocycles. The Balaban J connectivity index is 2.32. The van der Waals surface area contributed by atoms with Crippen LogP contribution in [-0.4, -0.2) is 4.98 Å². The fraction of sp³-hybridized carbons (Fsp3) is 0.182. The van der Waals surface area contributed by atoms with Crippen molar-refractivity contribution in [2.45, 2.75) is 13.0 Å². The average molecular weight is 254 g/mol. The maximum absolute atomic E-state index is 5.85. The first-order valence-corrected chi connectivity index (χ1v) is 6.04. The number of nitrogens with one attached hydrogen (secondary N) is 1. The Morgan fingerprint density at radius 3 is 2.56 bits per heavy atom. The molecule has 1 aromatic carbocycles. The molecule has 5 heteroatoms. The topological polar surface area (TPSA) is 50.9 Å². The highest BCUT2D eigenvalue weighted by Gasteiger charge is 2.14. The molecule has 1 aromatic heterocycles. The predicted octanol–water partition coefficient (Wildman–Crippen LogP) is 2.66. The molecule has 0 amide bonds. The third-order valence-corrected chi connectivity index (χ3v) is 3.52. The van der Waals surface area contributed by atoms with E-state index in [1.54, 1.807) is 11.3 Å². The molecule has 0 bridgehead atoms. The summed E-state index contributed by atoms with van der Waals surface area (Å²) >= 11 is 7.48. The van der Waals surface area contributed by atoms with Crippen LogP contribution in [0.3, 0.4) is 0 Å². The van der Waals surface area contributed by atoms with Gasteiger partial charge in [-0.3, -0.25) is 5.84 Å². The number of hydrogen-bond acceptors (Lipinski definition) is 4. The van der Waals surface area contributed by atoms with Gasteiger partial charge in [0, 0.05) is 16.1 Å². The van der Waals surface area contributed by atoms with E-state index in [2.05, 4.69) is 10.4 Å². The predicted molar refractivity (Wildman–Crippen MR) is 67.5 cm³/mol. The van der Waals surface area contributed by atoms with Crippen LogP contribution in [0.5, 0.6) is 0 Å². The van der Waals surface area contributed by atoms with E-state index in [9.17, 15) is 0 Å². The van der Waals surface area contributed by atoms with E-state index >= 15 is 0 Å². The molecular formula is C11H12ClN3S. The zero-order chi connectivity index (χ0) is 11.5. The Morgan fingerprint density at radius 2 is 2.06 bits per heavy atom. The largest absolute Gasteiger partial charge is 0.271 e. The number of nitrogens with two attached hydrogens (primary N) is 1. The minimum atomic E-state index is -0.0246. The standard InChI is InChI=1S/C11H12ClN3S/c1-7-14-6-10(16-7)11(15-13)8-2-4-9(12)5-3-8/h2-6,11,15H,13H2,1H3. The van der Waals surface area contributed by atoms with Crippen LogP contribution in [0.4, 0.5) is 0 Å². The van der Waals surface area contributed by atoms with Crippen molar-refractivity contribution in [3.05, 3.63) is 50.9 Å². The van der Waals surface area contributed by atoms with Gasteiger partial charge in [-0.2, -0.15) is 0 Å². The summed E-state index contributed by atoms with van der Waals surface area (Å²) < 4.78 is 0. The summed E-state index contributed by atoms with van der Waals surface area (Å²) in [5, 5.41) is 1.75. The van der Waals surface area contributed by atoms with Gasteiger partial charge >= 0.3 is 0 Å². The number of hydrazine groups is 1. The van der Waals surface area contributed by atoms with Crippen LogP contribution in [0.15, 0.2) is 30.5 Å². The van der Waals surface area contributed by atoms with Gasteiger partial charge < -0.3 is 0 Å². The van der Waals surface area contributed by atoms with E-state index < -0.39 is 0 Å². The lowest BCUT2D eigenvalue weighted by molar-refractivity contribution is 0.645. The van der Waals surface area contributed by atoms with Gasteiger partial charge in [0.1, 0.15) is 0 Å². The van der Waals surface area contributed by atoms with Gasteiger partial charge in [-0.1, -0.05) is 23.7 Å². The summed E-state index contributed by atoms with van der Waals surface area (Å²) in [6, 6.07) is 7.61. The van der Waals surface area contributed by atoms with Crippen molar-refractivity contribution in [2.75, 3.05) is 0 Å². The monoisotopic (exact) mass is 253 g/mol. The van der Waals surface area contributed by atoms with Crippen LogP contribution in [-0.2, 0) is 0 Å². The van der Waals surface area contributed by atoms with Crippen molar-refractivity contribution in [1.29, 1.82) is 0 Å². The number of nitrogens with zero attached hydrogens (tertiary/aromatic N) is 1. The summed E-state index contributed by atoms with van der Waals surface area (Å²) in [6.45, 7) is 1.98.